The van der Waals surface area contributed by atoms with Crippen LogP contribution < -0.4 is 0 Å². The van der Waals surface area contributed by atoms with Crippen molar-refractivity contribution < 1.29 is 14.9 Å². The van der Waals surface area contributed by atoms with E-state index in [1.54, 1.807) is 0 Å². The third-order valence-corrected chi connectivity index (χ3v) is 13.3. The lowest BCUT2D eigenvalue weighted by molar-refractivity contribution is -0.227. The van der Waals surface area contributed by atoms with Crippen LogP contribution in [0, 0.1) is 45.3 Å². The molecule has 0 aromatic rings. The minimum atomic E-state index is -0.755. The number of fused-ring (bicyclic) bond motifs is 5. The van der Waals surface area contributed by atoms with Crippen LogP contribution in [0.2, 0.25) is 0 Å². The Labute approximate surface area is 203 Å². The molecule has 1 heterocycles. The van der Waals surface area contributed by atoms with Crippen molar-refractivity contribution in [2.75, 3.05) is 0 Å². The lowest BCUT2D eigenvalue weighted by Gasteiger charge is -2.70. The predicted octanol–water partition coefficient (Wildman–Crippen LogP) is 6.74. The van der Waals surface area contributed by atoms with Gasteiger partial charge in [0.25, 0.3) is 0 Å². The van der Waals surface area contributed by atoms with Gasteiger partial charge < -0.3 is 14.9 Å². The number of aliphatic hydroxyl groups is 2. The summed E-state index contributed by atoms with van der Waals surface area (Å²) in [5, 5.41) is 21.5. The number of aliphatic hydroxyl groups excluding tert-OH is 1. The van der Waals surface area contributed by atoms with Crippen LogP contribution in [0.15, 0.2) is 0 Å². The first-order valence-corrected chi connectivity index (χ1v) is 14.2. The fourth-order valence-corrected chi connectivity index (χ4v) is 11.1. The second-order valence-corrected chi connectivity index (χ2v) is 15.3. The van der Waals surface area contributed by atoms with Crippen molar-refractivity contribution in [3.63, 3.8) is 0 Å². The molecule has 4 saturated carbocycles. The van der Waals surface area contributed by atoms with Gasteiger partial charge in [-0.3, -0.25) is 0 Å². The summed E-state index contributed by atoms with van der Waals surface area (Å²) in [6.07, 6.45) is 11.9. The van der Waals surface area contributed by atoms with E-state index in [-0.39, 0.29) is 23.2 Å². The lowest BCUT2D eigenvalue weighted by atomic mass is 9.35. The Balaban J connectivity index is 1.44. The molecule has 1 aliphatic heterocycles. The van der Waals surface area contributed by atoms with Crippen LogP contribution in [0.4, 0.5) is 0 Å². The highest BCUT2D eigenvalue weighted by molar-refractivity contribution is 5.18. The fourth-order valence-electron chi connectivity index (χ4n) is 11.1. The second kappa shape index (κ2) is 7.22. The Bertz CT molecular complexity index is 784. The van der Waals surface area contributed by atoms with Crippen LogP contribution in [0.25, 0.3) is 0 Å². The van der Waals surface area contributed by atoms with Gasteiger partial charge in [0.05, 0.1) is 23.4 Å². The van der Waals surface area contributed by atoms with Gasteiger partial charge in [0.1, 0.15) is 0 Å². The van der Waals surface area contributed by atoms with Crippen molar-refractivity contribution >= 4 is 0 Å². The molecule has 3 unspecified atom stereocenters. The highest BCUT2D eigenvalue weighted by Gasteiger charge is 2.70. The zero-order valence-electron chi connectivity index (χ0n) is 22.8. The topological polar surface area (TPSA) is 49.7 Å². The minimum Gasteiger partial charge on any atom is -0.393 e. The second-order valence-electron chi connectivity index (χ2n) is 15.3. The van der Waals surface area contributed by atoms with Crippen LogP contribution in [-0.4, -0.2) is 33.6 Å². The zero-order valence-corrected chi connectivity index (χ0v) is 22.8. The molecular weight excluding hydrogens is 408 g/mol. The summed E-state index contributed by atoms with van der Waals surface area (Å²) in [5.74, 6) is 2.73. The molecule has 5 fully saturated rings. The molecule has 0 bridgehead atoms. The third kappa shape index (κ3) is 3.16. The Kier molecular flexibility index (Phi) is 5.38. The molecule has 0 aromatic heterocycles. The molecule has 5 rings (SSSR count). The molecule has 33 heavy (non-hydrogen) atoms. The molecule has 3 heteroatoms. The van der Waals surface area contributed by atoms with Gasteiger partial charge in [-0.25, -0.2) is 0 Å². The van der Waals surface area contributed by atoms with Crippen LogP contribution in [0.3, 0.4) is 0 Å². The maximum atomic E-state index is 10.9. The van der Waals surface area contributed by atoms with Gasteiger partial charge in [0.15, 0.2) is 0 Å². The quantitative estimate of drug-likeness (QED) is 0.480. The Morgan fingerprint density at radius 2 is 1.36 bits per heavy atom. The van der Waals surface area contributed by atoms with E-state index in [4.69, 9.17) is 4.74 Å². The van der Waals surface area contributed by atoms with Crippen molar-refractivity contribution in [1.82, 2.24) is 0 Å². The summed E-state index contributed by atoms with van der Waals surface area (Å²) in [7, 11) is 0. The van der Waals surface area contributed by atoms with E-state index in [0.717, 1.165) is 31.1 Å². The van der Waals surface area contributed by atoms with Crippen molar-refractivity contribution in [3.05, 3.63) is 0 Å². The first-order valence-electron chi connectivity index (χ1n) is 14.2. The molecule has 0 aromatic carbocycles. The average Bonchev–Trinajstić information content (AvgIpc) is 3.27. The van der Waals surface area contributed by atoms with Crippen LogP contribution in [0.1, 0.15) is 120 Å². The molecule has 2 N–H and O–H groups in total. The normalized spacial score (nSPS) is 56.2. The third-order valence-electron chi connectivity index (χ3n) is 13.3. The predicted molar refractivity (Wildman–Crippen MR) is 134 cm³/mol. The molecule has 3 nitrogen and oxygen atoms in total. The van der Waals surface area contributed by atoms with E-state index in [0.29, 0.717) is 28.1 Å². The van der Waals surface area contributed by atoms with Gasteiger partial charge >= 0.3 is 0 Å². The SMILES string of the molecule is CC(C)(O)[C@@H]1CC[C@](C)([C@H]2CC[C@]3(C)C2CCC2[C@@]4(C)CC[C@H](O)C(C)(C)C4CC[C@]23C)O1. The summed E-state index contributed by atoms with van der Waals surface area (Å²) in [4.78, 5) is 0. The van der Waals surface area contributed by atoms with E-state index in [1.165, 1.54) is 44.9 Å². The van der Waals surface area contributed by atoms with Gasteiger partial charge in [-0.2, -0.15) is 0 Å². The molecule has 0 spiro atoms. The molecule has 4 aliphatic carbocycles. The van der Waals surface area contributed by atoms with Crippen molar-refractivity contribution in [3.8, 4) is 0 Å². The zero-order chi connectivity index (χ0) is 24.2. The van der Waals surface area contributed by atoms with E-state index >= 15 is 0 Å². The van der Waals surface area contributed by atoms with E-state index in [9.17, 15) is 10.2 Å². The molecular formula is C30H52O3. The van der Waals surface area contributed by atoms with Crippen molar-refractivity contribution in [2.24, 2.45) is 45.3 Å². The standard InChI is InChI=1S/C30H52O3/c1-25(2)21-12-17-29(7)22(27(21,5)15-13-23(25)31)10-9-19-20(11-16-28(19,29)6)30(8)18-14-24(33-30)26(3,4)32/h19-24,31-32H,9-18H2,1-8H3/t19?,20-,21?,22?,23-,24-,27-,28+,29+,30+/m0/s1. The van der Waals surface area contributed by atoms with Crippen LogP contribution >= 0.6 is 0 Å². The number of rotatable bonds is 2. The maximum Gasteiger partial charge on any atom is 0.0865 e. The first-order chi connectivity index (χ1) is 15.1. The summed E-state index contributed by atoms with van der Waals surface area (Å²) in [5.41, 5.74) is 0.277. The molecule has 190 valence electrons. The van der Waals surface area contributed by atoms with Gasteiger partial charge in [-0.1, -0.05) is 34.6 Å². The fraction of sp³-hybridized carbons (Fsp3) is 1.00. The van der Waals surface area contributed by atoms with Gasteiger partial charge in [0, 0.05) is 0 Å². The first kappa shape index (κ1) is 24.6. The summed E-state index contributed by atoms with van der Waals surface area (Å²) >= 11 is 0. The van der Waals surface area contributed by atoms with E-state index < -0.39 is 5.60 Å². The van der Waals surface area contributed by atoms with E-state index in [1.807, 2.05) is 13.8 Å². The Morgan fingerprint density at radius 3 is 2.00 bits per heavy atom. The smallest absolute Gasteiger partial charge is 0.0865 e. The average molecular weight is 461 g/mol. The molecule has 0 amide bonds. The summed E-state index contributed by atoms with van der Waals surface area (Å²) in [6.45, 7) is 18.8. The molecule has 0 radical (unpaired) electrons. The summed E-state index contributed by atoms with van der Waals surface area (Å²) < 4.78 is 6.73. The molecule has 5 aliphatic rings. The monoisotopic (exact) mass is 460 g/mol. The maximum absolute atomic E-state index is 10.9. The molecule has 1 saturated heterocycles. The van der Waals surface area contributed by atoms with Crippen molar-refractivity contribution in [1.29, 1.82) is 0 Å². The highest BCUT2D eigenvalue weighted by atomic mass is 16.5. The van der Waals surface area contributed by atoms with Crippen LogP contribution in [-0.2, 0) is 4.74 Å². The Hall–Kier alpha value is -0.120. The highest BCUT2D eigenvalue weighted by Crippen LogP contribution is 2.76. The molecule has 10 atom stereocenters. The van der Waals surface area contributed by atoms with Crippen LogP contribution in [0.5, 0.6) is 0 Å². The van der Waals surface area contributed by atoms with Crippen molar-refractivity contribution in [2.45, 2.75) is 143 Å². The number of ether oxygens (including phenoxy) is 1. The Morgan fingerprint density at radius 1 is 0.697 bits per heavy atom. The number of hydrogen-bond acceptors (Lipinski definition) is 3. The minimum absolute atomic E-state index is 0.0293. The van der Waals surface area contributed by atoms with Gasteiger partial charge in [-0.15, -0.1) is 0 Å². The van der Waals surface area contributed by atoms with E-state index in [2.05, 4.69) is 41.5 Å². The largest absolute Gasteiger partial charge is 0.393 e. The van der Waals surface area contributed by atoms with Gasteiger partial charge in [-0.05, 0) is 130 Å². The van der Waals surface area contributed by atoms with Gasteiger partial charge in [0.2, 0.25) is 0 Å². The lowest BCUT2D eigenvalue weighted by Crippen LogP contribution is -2.64. The number of hydrogen-bond donors (Lipinski definition) is 2. The summed E-state index contributed by atoms with van der Waals surface area (Å²) in [6, 6.07) is 0.